The average Bonchev–Trinajstić information content (AvgIpc) is 3.99. The zero-order valence-electron chi connectivity index (χ0n) is 40.0. The van der Waals surface area contributed by atoms with Gasteiger partial charge in [-0.05, 0) is 176 Å². The Morgan fingerprint density at radius 3 is 1.27 bits per heavy atom. The second-order valence-electron chi connectivity index (χ2n) is 27.1. The zero-order valence-corrected chi connectivity index (χ0v) is 40.0. The SMILES string of the molecule is C[C@H]1[C@H]2[C@H](C[C@@H]3[C@@H]4CC[C@H]5Cc6nc7c(nc6C[C@]5(C)[C@@H]4C[C@@H](O)[C@]23C)C[C@@H]2CC[C@H]3[C@H]4C[C@@H]5O[C@@]6(CCC(C)(C)O6)[C@@H](C)[C@@H]5[C@@]4(C)[C@H](O)C[C@@H]3[C@@]2(C)C7)O[C@]12CCC(C)(C)O2. The van der Waals surface area contributed by atoms with Crippen molar-refractivity contribution in [1.82, 2.24) is 9.97 Å². The second kappa shape index (κ2) is 12.5. The molecule has 0 unspecified atom stereocenters. The second-order valence-corrected chi connectivity index (χ2v) is 27.1. The molecule has 0 amide bonds. The van der Waals surface area contributed by atoms with E-state index >= 15 is 0 Å². The number of fused-ring (bicyclic) bond motifs is 16. The Balaban J connectivity index is 0.748. The fraction of sp³-hybridized carbons (Fsp3) is 0.926. The summed E-state index contributed by atoms with van der Waals surface area (Å²) in [6.45, 7) is 23.7. The lowest BCUT2D eigenvalue weighted by Gasteiger charge is -2.62. The molecule has 8 nitrogen and oxygen atoms in total. The average molecular weight is 853 g/mol. The minimum Gasteiger partial charge on any atom is -0.393 e. The van der Waals surface area contributed by atoms with Crippen molar-refractivity contribution in [2.75, 3.05) is 0 Å². The van der Waals surface area contributed by atoms with Crippen molar-refractivity contribution in [2.24, 2.45) is 92.7 Å². The van der Waals surface area contributed by atoms with Gasteiger partial charge in [0.15, 0.2) is 11.6 Å². The molecule has 10 fully saturated rings. The number of aliphatic hydroxyl groups excluding tert-OH is 2. The van der Waals surface area contributed by atoms with Gasteiger partial charge in [-0.2, -0.15) is 0 Å². The summed E-state index contributed by atoms with van der Waals surface area (Å²) in [5.74, 6) is 4.69. The number of ether oxygens (including phenoxy) is 4. The third kappa shape index (κ3) is 4.98. The lowest BCUT2D eigenvalue weighted by atomic mass is 9.43. The van der Waals surface area contributed by atoms with Crippen molar-refractivity contribution in [2.45, 2.75) is 219 Å². The number of hydrogen-bond donors (Lipinski definition) is 2. The molecule has 6 saturated carbocycles. The molecular weight excluding hydrogens is 773 g/mol. The van der Waals surface area contributed by atoms with Crippen LogP contribution < -0.4 is 0 Å². The maximum Gasteiger partial charge on any atom is 0.172 e. The Hall–Kier alpha value is -1.16. The molecule has 62 heavy (non-hydrogen) atoms. The van der Waals surface area contributed by atoms with E-state index in [1.807, 2.05) is 0 Å². The van der Waals surface area contributed by atoms with Crippen LogP contribution in [0.4, 0.5) is 0 Å². The van der Waals surface area contributed by atoms with Gasteiger partial charge in [0.05, 0.1) is 58.4 Å². The van der Waals surface area contributed by atoms with Crippen LogP contribution in [0.5, 0.6) is 0 Å². The predicted octanol–water partition coefficient (Wildman–Crippen LogP) is 9.43. The van der Waals surface area contributed by atoms with Gasteiger partial charge in [-0.1, -0.05) is 41.5 Å². The molecule has 12 aliphatic rings. The largest absolute Gasteiger partial charge is 0.393 e. The highest BCUT2D eigenvalue weighted by molar-refractivity contribution is 5.32. The highest BCUT2D eigenvalue weighted by atomic mass is 16.7. The highest BCUT2D eigenvalue weighted by Crippen LogP contribution is 2.74. The van der Waals surface area contributed by atoms with E-state index in [0.29, 0.717) is 71.0 Å². The lowest BCUT2D eigenvalue weighted by Crippen LogP contribution is -2.60. The number of nitrogens with zero attached hydrogens (tertiary/aromatic N) is 2. The number of rotatable bonds is 0. The normalized spacial score (nSPS) is 59.3. The molecule has 4 aliphatic heterocycles. The molecule has 1 aromatic rings. The number of hydrogen-bond acceptors (Lipinski definition) is 8. The van der Waals surface area contributed by atoms with E-state index in [1.54, 1.807) is 0 Å². The fourth-order valence-corrected chi connectivity index (χ4v) is 20.8. The smallest absolute Gasteiger partial charge is 0.172 e. The number of aromatic nitrogens is 2. The van der Waals surface area contributed by atoms with E-state index in [-0.39, 0.29) is 57.3 Å². The first-order valence-electron chi connectivity index (χ1n) is 26.1. The summed E-state index contributed by atoms with van der Waals surface area (Å²) in [6, 6.07) is 0. The van der Waals surface area contributed by atoms with Crippen LogP contribution in [-0.4, -0.2) is 67.4 Å². The Labute approximate surface area is 372 Å². The molecule has 0 radical (unpaired) electrons. The molecule has 4 saturated heterocycles. The molecule has 13 rings (SSSR count). The standard InChI is InChI=1S/C54H80N2O6/c1-27-45-41(59-53(27)17-15-47(3,4)61-53)21-35-31-13-11-29-19-37-39(25-49(29,7)33(31)23-43(57)51(35,45)9)55-38-20-30-12-14-32-34(50(30,8)26-40(38)56-37)24-44(58)52(10)36(32)22-42-46(52)28(2)54(60-42)18-16-48(5,6)62-54/h27-36,41-46,57-58H,11-26H2,1-10H3/t27-,28-,29-,30-,31+,32+,33-,34+,35+,36+,41-,42-,43+,44+,45-,46-,49-,50-,51+,52+,53+,54-/m0/s1. The molecule has 5 heterocycles. The first kappa shape index (κ1) is 41.1. The maximum absolute atomic E-state index is 12.5. The molecule has 1 aromatic heterocycles. The van der Waals surface area contributed by atoms with Crippen LogP contribution in [0.2, 0.25) is 0 Å². The minimum absolute atomic E-state index is 0.123. The molecule has 0 aromatic carbocycles. The van der Waals surface area contributed by atoms with Crippen molar-refractivity contribution in [3.8, 4) is 0 Å². The van der Waals surface area contributed by atoms with Crippen LogP contribution in [-0.2, 0) is 44.6 Å². The quantitative estimate of drug-likeness (QED) is 0.266. The van der Waals surface area contributed by atoms with Crippen LogP contribution in [0.3, 0.4) is 0 Å². The summed E-state index contributed by atoms with van der Waals surface area (Å²) >= 11 is 0. The van der Waals surface area contributed by atoms with E-state index in [1.165, 1.54) is 48.5 Å². The van der Waals surface area contributed by atoms with Crippen LogP contribution >= 0.6 is 0 Å². The van der Waals surface area contributed by atoms with Gasteiger partial charge in [0.1, 0.15) is 0 Å². The molecule has 2 N–H and O–H groups in total. The van der Waals surface area contributed by atoms with Crippen molar-refractivity contribution < 1.29 is 29.2 Å². The van der Waals surface area contributed by atoms with Gasteiger partial charge in [0.2, 0.25) is 0 Å². The first-order valence-corrected chi connectivity index (χ1v) is 26.1. The van der Waals surface area contributed by atoms with Gasteiger partial charge in [0.25, 0.3) is 0 Å². The molecule has 2 spiro atoms. The van der Waals surface area contributed by atoms with E-state index in [2.05, 4.69) is 69.2 Å². The molecule has 8 aliphatic carbocycles. The monoisotopic (exact) mass is 853 g/mol. The number of aliphatic hydroxyl groups is 2. The van der Waals surface area contributed by atoms with E-state index in [0.717, 1.165) is 77.0 Å². The Morgan fingerprint density at radius 2 is 0.903 bits per heavy atom. The summed E-state index contributed by atoms with van der Waals surface area (Å²) in [4.78, 5) is 11.4. The van der Waals surface area contributed by atoms with Gasteiger partial charge < -0.3 is 29.2 Å². The molecule has 0 bridgehead atoms. The topological polar surface area (TPSA) is 103 Å². The molecule has 22 atom stereocenters. The third-order valence-corrected chi connectivity index (χ3v) is 23.9. The predicted molar refractivity (Wildman–Crippen MR) is 235 cm³/mol. The summed E-state index contributed by atoms with van der Waals surface area (Å²) in [7, 11) is 0. The lowest BCUT2D eigenvalue weighted by molar-refractivity contribution is -0.256. The van der Waals surface area contributed by atoms with Crippen LogP contribution in [0.25, 0.3) is 0 Å². The van der Waals surface area contributed by atoms with Crippen molar-refractivity contribution in [3.63, 3.8) is 0 Å². The Kier molecular flexibility index (Phi) is 8.27. The molecule has 8 heteroatoms. The van der Waals surface area contributed by atoms with Crippen molar-refractivity contribution in [1.29, 1.82) is 0 Å². The van der Waals surface area contributed by atoms with E-state index in [9.17, 15) is 10.2 Å². The van der Waals surface area contributed by atoms with Crippen molar-refractivity contribution >= 4 is 0 Å². The van der Waals surface area contributed by atoms with Crippen LogP contribution in [0, 0.1) is 92.7 Å². The van der Waals surface area contributed by atoms with Gasteiger partial charge in [-0.3, -0.25) is 9.97 Å². The van der Waals surface area contributed by atoms with Gasteiger partial charge in [0, 0.05) is 47.3 Å². The maximum atomic E-state index is 12.5. The summed E-state index contributed by atoms with van der Waals surface area (Å²) in [5.41, 5.74) is 4.79. The zero-order chi connectivity index (χ0) is 43.1. The first-order chi connectivity index (χ1) is 29.1. The fourth-order valence-electron chi connectivity index (χ4n) is 20.8. The Morgan fingerprint density at radius 1 is 0.500 bits per heavy atom. The van der Waals surface area contributed by atoms with E-state index in [4.69, 9.17) is 28.9 Å². The van der Waals surface area contributed by atoms with Gasteiger partial charge >= 0.3 is 0 Å². The van der Waals surface area contributed by atoms with Crippen LogP contribution in [0.1, 0.15) is 169 Å². The van der Waals surface area contributed by atoms with Gasteiger partial charge in [-0.15, -0.1) is 0 Å². The third-order valence-electron chi connectivity index (χ3n) is 23.9. The van der Waals surface area contributed by atoms with Crippen molar-refractivity contribution in [3.05, 3.63) is 22.8 Å². The van der Waals surface area contributed by atoms with Crippen LogP contribution in [0.15, 0.2) is 0 Å². The van der Waals surface area contributed by atoms with Gasteiger partial charge in [-0.25, -0.2) is 0 Å². The summed E-state index contributed by atoms with van der Waals surface area (Å²) in [6.07, 6.45) is 16.8. The van der Waals surface area contributed by atoms with E-state index < -0.39 is 11.6 Å². The molecular formula is C54H80N2O6. The summed E-state index contributed by atoms with van der Waals surface area (Å²) < 4.78 is 27.6. The highest BCUT2D eigenvalue weighted by Gasteiger charge is 2.74. The molecule has 342 valence electrons. The minimum atomic E-state index is -0.482. The Bertz CT molecular complexity index is 1930. The summed E-state index contributed by atoms with van der Waals surface area (Å²) in [5, 5.41) is 25.0.